The SMILES string of the molecule is CCc1ccc(N=C2SC(=Cc3cn(C)c4ccccc34)C(=O)N2C2CCCCC2)cc1. The molecule has 0 bridgehead atoms. The van der Waals surface area contributed by atoms with E-state index in [0.29, 0.717) is 0 Å². The van der Waals surface area contributed by atoms with Gasteiger partial charge in [0.2, 0.25) is 0 Å². The van der Waals surface area contributed by atoms with Gasteiger partial charge in [0.1, 0.15) is 0 Å². The third-order valence-corrected chi connectivity index (χ3v) is 7.54. The highest BCUT2D eigenvalue weighted by molar-refractivity contribution is 8.18. The van der Waals surface area contributed by atoms with E-state index in [4.69, 9.17) is 4.99 Å². The molecule has 5 rings (SSSR count). The van der Waals surface area contributed by atoms with Gasteiger partial charge in [-0.25, -0.2) is 4.99 Å². The molecule has 0 spiro atoms. The summed E-state index contributed by atoms with van der Waals surface area (Å²) in [5.74, 6) is 0.0961. The molecule has 164 valence electrons. The lowest BCUT2D eigenvalue weighted by Gasteiger charge is -2.30. The van der Waals surface area contributed by atoms with E-state index >= 15 is 0 Å². The summed E-state index contributed by atoms with van der Waals surface area (Å²) < 4.78 is 2.12. The van der Waals surface area contributed by atoms with Crippen LogP contribution < -0.4 is 0 Å². The largest absolute Gasteiger partial charge is 0.350 e. The van der Waals surface area contributed by atoms with Gasteiger partial charge in [-0.05, 0) is 60.9 Å². The van der Waals surface area contributed by atoms with E-state index in [1.807, 2.05) is 17.0 Å². The number of aryl methyl sites for hydroxylation is 2. The third-order valence-electron chi connectivity index (χ3n) is 6.56. The van der Waals surface area contributed by atoms with Crippen molar-refractivity contribution in [2.24, 2.45) is 12.0 Å². The van der Waals surface area contributed by atoms with E-state index in [0.717, 1.165) is 40.6 Å². The number of hydrogen-bond donors (Lipinski definition) is 0. The van der Waals surface area contributed by atoms with Gasteiger partial charge in [0.15, 0.2) is 5.17 Å². The second-order valence-corrected chi connectivity index (χ2v) is 9.71. The minimum absolute atomic E-state index is 0.0961. The highest BCUT2D eigenvalue weighted by Gasteiger charge is 2.38. The Balaban J connectivity index is 1.53. The molecule has 32 heavy (non-hydrogen) atoms. The molecular weight excluding hydrogens is 414 g/mol. The van der Waals surface area contributed by atoms with Crippen molar-refractivity contribution < 1.29 is 4.79 Å². The van der Waals surface area contributed by atoms with Crippen LogP contribution in [0.25, 0.3) is 17.0 Å². The van der Waals surface area contributed by atoms with Crippen LogP contribution in [-0.2, 0) is 18.3 Å². The number of hydrogen-bond acceptors (Lipinski definition) is 3. The summed E-state index contributed by atoms with van der Waals surface area (Å²) in [5.41, 5.74) is 4.45. The van der Waals surface area contributed by atoms with Crippen molar-refractivity contribution in [3.05, 3.63) is 70.8 Å². The smallest absolute Gasteiger partial charge is 0.267 e. The number of nitrogens with zero attached hydrogens (tertiary/aromatic N) is 3. The molecular formula is C27H29N3OS. The standard InChI is InChI=1S/C27H29N3OS/c1-3-19-13-15-21(16-14-19)28-27-30(22-9-5-4-6-10-22)26(31)25(32-27)17-20-18-29(2)24-12-8-7-11-23(20)24/h7-8,11-18,22H,3-6,9-10H2,1-2H3. The number of thioether (sulfide) groups is 1. The maximum Gasteiger partial charge on any atom is 0.267 e. The van der Waals surface area contributed by atoms with Gasteiger partial charge in [-0.3, -0.25) is 9.69 Å². The van der Waals surface area contributed by atoms with Crippen molar-refractivity contribution in [1.29, 1.82) is 0 Å². The molecule has 5 heteroatoms. The molecule has 1 aliphatic heterocycles. The van der Waals surface area contributed by atoms with Crippen LogP contribution in [0.3, 0.4) is 0 Å². The second-order valence-electron chi connectivity index (χ2n) is 8.70. The predicted octanol–water partition coefficient (Wildman–Crippen LogP) is 6.68. The maximum absolute atomic E-state index is 13.6. The summed E-state index contributed by atoms with van der Waals surface area (Å²) in [4.78, 5) is 21.3. The minimum Gasteiger partial charge on any atom is -0.350 e. The third kappa shape index (κ3) is 4.02. The molecule has 1 saturated heterocycles. The lowest BCUT2D eigenvalue weighted by atomic mass is 9.94. The summed E-state index contributed by atoms with van der Waals surface area (Å²) in [5, 5.41) is 1.98. The van der Waals surface area contributed by atoms with Gasteiger partial charge in [-0.15, -0.1) is 0 Å². The van der Waals surface area contributed by atoms with E-state index in [1.165, 1.54) is 47.5 Å². The number of para-hydroxylation sites is 1. The van der Waals surface area contributed by atoms with Crippen LogP contribution in [0.15, 0.2) is 64.6 Å². The average Bonchev–Trinajstić information content (AvgIpc) is 3.31. The van der Waals surface area contributed by atoms with Crippen molar-refractivity contribution in [2.75, 3.05) is 0 Å². The topological polar surface area (TPSA) is 37.6 Å². The van der Waals surface area contributed by atoms with Crippen LogP contribution in [0.4, 0.5) is 5.69 Å². The molecule has 0 radical (unpaired) electrons. The molecule has 2 aromatic carbocycles. The van der Waals surface area contributed by atoms with Gasteiger partial charge in [0.25, 0.3) is 5.91 Å². The molecule has 0 N–H and O–H groups in total. The van der Waals surface area contributed by atoms with Crippen LogP contribution >= 0.6 is 11.8 Å². The Morgan fingerprint density at radius 1 is 1.06 bits per heavy atom. The van der Waals surface area contributed by atoms with E-state index in [9.17, 15) is 4.79 Å². The summed E-state index contributed by atoms with van der Waals surface area (Å²) in [6.07, 6.45) is 10.9. The summed E-state index contributed by atoms with van der Waals surface area (Å²) in [7, 11) is 2.05. The van der Waals surface area contributed by atoms with Crippen LogP contribution in [0.2, 0.25) is 0 Å². The first-order chi connectivity index (χ1) is 15.6. The monoisotopic (exact) mass is 443 g/mol. The quantitative estimate of drug-likeness (QED) is 0.422. The lowest BCUT2D eigenvalue weighted by molar-refractivity contribution is -0.124. The molecule has 1 aromatic heterocycles. The van der Waals surface area contributed by atoms with Gasteiger partial charge >= 0.3 is 0 Å². The number of fused-ring (bicyclic) bond motifs is 1. The molecule has 0 atom stereocenters. The zero-order chi connectivity index (χ0) is 22.1. The van der Waals surface area contributed by atoms with Gasteiger partial charge in [0.05, 0.1) is 10.6 Å². The number of benzene rings is 2. The first-order valence-electron chi connectivity index (χ1n) is 11.6. The Kier molecular flexibility index (Phi) is 5.92. The molecule has 2 aliphatic rings. The zero-order valence-electron chi connectivity index (χ0n) is 18.8. The van der Waals surface area contributed by atoms with Crippen LogP contribution in [-0.4, -0.2) is 26.6 Å². The van der Waals surface area contributed by atoms with E-state index < -0.39 is 0 Å². The predicted molar refractivity (Wildman–Crippen MR) is 135 cm³/mol. The van der Waals surface area contributed by atoms with Crippen LogP contribution in [0, 0.1) is 0 Å². The fraction of sp³-hybridized carbons (Fsp3) is 0.333. The van der Waals surface area contributed by atoms with Gasteiger partial charge in [-0.1, -0.05) is 56.5 Å². The molecule has 2 fully saturated rings. The fourth-order valence-corrected chi connectivity index (χ4v) is 5.82. The van der Waals surface area contributed by atoms with Gasteiger partial charge in [-0.2, -0.15) is 0 Å². The number of carbonyl (C=O) groups is 1. The Morgan fingerprint density at radius 2 is 1.81 bits per heavy atom. The van der Waals surface area contributed by atoms with Crippen molar-refractivity contribution in [3.8, 4) is 0 Å². The number of aliphatic imine (C=N–C) groups is 1. The average molecular weight is 444 g/mol. The van der Waals surface area contributed by atoms with Gasteiger partial charge in [0, 0.05) is 35.8 Å². The zero-order valence-corrected chi connectivity index (χ0v) is 19.6. The Labute approximate surface area is 194 Å². The van der Waals surface area contributed by atoms with Crippen molar-refractivity contribution in [3.63, 3.8) is 0 Å². The van der Waals surface area contributed by atoms with E-state index in [2.05, 4.69) is 67.2 Å². The molecule has 1 aliphatic carbocycles. The van der Waals surface area contributed by atoms with E-state index in [1.54, 1.807) is 0 Å². The first-order valence-corrected chi connectivity index (χ1v) is 12.4. The number of amides is 1. The molecule has 2 heterocycles. The van der Waals surface area contributed by atoms with Crippen LogP contribution in [0.5, 0.6) is 0 Å². The van der Waals surface area contributed by atoms with Crippen molar-refractivity contribution in [1.82, 2.24) is 9.47 Å². The van der Waals surface area contributed by atoms with E-state index in [-0.39, 0.29) is 11.9 Å². The molecule has 4 nitrogen and oxygen atoms in total. The Hall–Kier alpha value is -2.79. The number of aromatic nitrogens is 1. The van der Waals surface area contributed by atoms with Crippen molar-refractivity contribution in [2.45, 2.75) is 51.5 Å². The number of carbonyl (C=O) groups excluding carboxylic acids is 1. The summed E-state index contributed by atoms with van der Waals surface area (Å²) in [6, 6.07) is 16.9. The number of amidine groups is 1. The summed E-state index contributed by atoms with van der Waals surface area (Å²) >= 11 is 1.52. The normalized spacial score (nSPS) is 20.2. The first kappa shape index (κ1) is 21.1. The Morgan fingerprint density at radius 3 is 2.56 bits per heavy atom. The summed E-state index contributed by atoms with van der Waals surface area (Å²) in [6.45, 7) is 2.15. The Bertz CT molecular complexity index is 1200. The molecule has 1 saturated carbocycles. The second kappa shape index (κ2) is 8.99. The highest BCUT2D eigenvalue weighted by Crippen LogP contribution is 2.39. The number of rotatable bonds is 4. The molecule has 3 aromatic rings. The minimum atomic E-state index is 0.0961. The van der Waals surface area contributed by atoms with Crippen molar-refractivity contribution >= 4 is 45.5 Å². The highest BCUT2D eigenvalue weighted by atomic mass is 32.2. The lowest BCUT2D eigenvalue weighted by Crippen LogP contribution is -2.40. The molecule has 0 unspecified atom stereocenters. The fourth-order valence-electron chi connectivity index (χ4n) is 4.77. The maximum atomic E-state index is 13.6. The van der Waals surface area contributed by atoms with Crippen LogP contribution in [0.1, 0.15) is 50.2 Å². The van der Waals surface area contributed by atoms with Gasteiger partial charge < -0.3 is 4.57 Å². The molecule has 1 amide bonds.